The van der Waals surface area contributed by atoms with Crippen LogP contribution in [0.5, 0.6) is 0 Å². The zero-order chi connectivity index (χ0) is 17.6. The van der Waals surface area contributed by atoms with Crippen LogP contribution in [0.3, 0.4) is 0 Å². The fourth-order valence-electron chi connectivity index (χ4n) is 5.08. The number of nitrogens with zero attached hydrogens (tertiary/aromatic N) is 2. The van der Waals surface area contributed by atoms with Crippen LogP contribution in [0.4, 0.5) is 0 Å². The Hall–Kier alpha value is -1.65. The number of likely N-dealkylation sites (tertiary alicyclic amines) is 1. The number of thiophene rings is 1. The highest BCUT2D eigenvalue weighted by atomic mass is 32.1. The van der Waals surface area contributed by atoms with Gasteiger partial charge in [-0.25, -0.2) is 0 Å². The maximum atomic E-state index is 13.4. The van der Waals surface area contributed by atoms with Crippen LogP contribution in [0.1, 0.15) is 41.7 Å². The van der Waals surface area contributed by atoms with Gasteiger partial charge in [-0.1, -0.05) is 43.2 Å². The molecule has 2 fully saturated rings. The Morgan fingerprint density at radius 1 is 1.04 bits per heavy atom. The zero-order valence-corrected chi connectivity index (χ0v) is 16.0. The van der Waals surface area contributed by atoms with Crippen molar-refractivity contribution in [2.75, 3.05) is 19.6 Å². The molecule has 2 aliphatic heterocycles. The Balaban J connectivity index is 1.26. The Kier molecular flexibility index (Phi) is 4.13. The molecule has 26 heavy (non-hydrogen) atoms. The molecule has 136 valence electrons. The van der Waals surface area contributed by atoms with Crippen LogP contribution >= 0.6 is 11.3 Å². The standard InChI is InChI=1S/C22H26N2OS/c25-21(22(10-3-4-11-22)20-8-5-13-26-20)24-15-19(16-24)23-12-9-17-6-1-2-7-18(17)14-23/h1-2,5-8,13,19H,3-4,9-12,14-16H2. The van der Waals surface area contributed by atoms with E-state index in [1.54, 1.807) is 11.3 Å². The quantitative estimate of drug-likeness (QED) is 0.824. The molecule has 3 heterocycles. The van der Waals surface area contributed by atoms with Crippen molar-refractivity contribution in [3.63, 3.8) is 0 Å². The highest BCUT2D eigenvalue weighted by Crippen LogP contribution is 2.45. The Labute approximate surface area is 159 Å². The van der Waals surface area contributed by atoms with Crippen molar-refractivity contribution >= 4 is 17.2 Å². The van der Waals surface area contributed by atoms with Crippen LogP contribution in [0.2, 0.25) is 0 Å². The molecule has 4 heteroatoms. The van der Waals surface area contributed by atoms with Crippen molar-refractivity contribution in [2.24, 2.45) is 0 Å². The van der Waals surface area contributed by atoms with E-state index in [4.69, 9.17) is 0 Å². The van der Waals surface area contributed by atoms with Crippen LogP contribution in [0.25, 0.3) is 0 Å². The number of rotatable bonds is 3. The average molecular weight is 367 g/mol. The van der Waals surface area contributed by atoms with E-state index >= 15 is 0 Å². The van der Waals surface area contributed by atoms with E-state index < -0.39 is 0 Å². The minimum absolute atomic E-state index is 0.215. The van der Waals surface area contributed by atoms with Gasteiger partial charge in [0.05, 0.1) is 5.41 Å². The molecule has 0 unspecified atom stereocenters. The van der Waals surface area contributed by atoms with Gasteiger partial charge in [0, 0.05) is 37.1 Å². The fourth-order valence-corrected chi connectivity index (χ4v) is 6.06. The second-order valence-corrected chi connectivity index (χ2v) is 9.07. The van der Waals surface area contributed by atoms with Gasteiger partial charge >= 0.3 is 0 Å². The molecular formula is C22H26N2OS. The predicted molar refractivity (Wildman–Crippen MR) is 105 cm³/mol. The zero-order valence-electron chi connectivity index (χ0n) is 15.2. The second kappa shape index (κ2) is 6.50. The van der Waals surface area contributed by atoms with E-state index in [2.05, 4.69) is 51.6 Å². The maximum absolute atomic E-state index is 13.4. The van der Waals surface area contributed by atoms with Crippen molar-refractivity contribution in [3.05, 3.63) is 57.8 Å². The largest absolute Gasteiger partial charge is 0.339 e. The van der Waals surface area contributed by atoms with Crippen LogP contribution in [0.15, 0.2) is 41.8 Å². The van der Waals surface area contributed by atoms with E-state index in [9.17, 15) is 4.79 Å². The molecule has 0 bridgehead atoms. The minimum Gasteiger partial charge on any atom is -0.339 e. The molecule has 0 N–H and O–H groups in total. The topological polar surface area (TPSA) is 23.6 Å². The first-order valence-corrected chi connectivity index (χ1v) is 10.8. The molecule has 0 spiro atoms. The summed E-state index contributed by atoms with van der Waals surface area (Å²) in [5.74, 6) is 0.395. The van der Waals surface area contributed by atoms with Gasteiger partial charge in [0.2, 0.25) is 5.91 Å². The van der Waals surface area contributed by atoms with Crippen molar-refractivity contribution < 1.29 is 4.79 Å². The first kappa shape index (κ1) is 16.5. The molecule has 1 saturated heterocycles. The highest BCUT2D eigenvalue weighted by Gasteiger charge is 2.49. The summed E-state index contributed by atoms with van der Waals surface area (Å²) in [4.78, 5) is 19.4. The van der Waals surface area contributed by atoms with E-state index in [-0.39, 0.29) is 5.41 Å². The number of carbonyl (C=O) groups is 1. The summed E-state index contributed by atoms with van der Waals surface area (Å²) in [7, 11) is 0. The molecule has 1 aromatic carbocycles. The van der Waals surface area contributed by atoms with Crippen molar-refractivity contribution in [1.82, 2.24) is 9.80 Å². The number of amides is 1. The Bertz CT molecular complexity index is 788. The maximum Gasteiger partial charge on any atom is 0.234 e. The summed E-state index contributed by atoms with van der Waals surface area (Å²) in [5.41, 5.74) is 2.75. The molecule has 1 aromatic heterocycles. The lowest BCUT2D eigenvalue weighted by Crippen LogP contribution is -2.64. The smallest absolute Gasteiger partial charge is 0.234 e. The van der Waals surface area contributed by atoms with Gasteiger partial charge in [-0.15, -0.1) is 11.3 Å². The molecule has 1 saturated carbocycles. The van der Waals surface area contributed by atoms with E-state index in [0.717, 1.165) is 45.4 Å². The molecule has 1 aliphatic carbocycles. The number of fused-ring (bicyclic) bond motifs is 1. The lowest BCUT2D eigenvalue weighted by molar-refractivity contribution is -0.145. The number of hydrogen-bond acceptors (Lipinski definition) is 3. The first-order chi connectivity index (χ1) is 12.8. The second-order valence-electron chi connectivity index (χ2n) is 8.12. The van der Waals surface area contributed by atoms with E-state index in [1.165, 1.54) is 28.8 Å². The third-order valence-corrected chi connectivity index (χ3v) is 7.76. The molecule has 1 amide bonds. The Morgan fingerprint density at radius 3 is 2.54 bits per heavy atom. The summed E-state index contributed by atoms with van der Waals surface area (Å²) in [6.07, 6.45) is 5.57. The summed E-state index contributed by atoms with van der Waals surface area (Å²) in [5, 5.41) is 2.12. The van der Waals surface area contributed by atoms with Crippen molar-refractivity contribution in [2.45, 2.75) is 50.1 Å². The van der Waals surface area contributed by atoms with Crippen LogP contribution in [-0.4, -0.2) is 41.4 Å². The Morgan fingerprint density at radius 2 is 1.81 bits per heavy atom. The van der Waals surface area contributed by atoms with Gasteiger partial charge in [0.15, 0.2) is 0 Å². The molecule has 0 atom stereocenters. The SMILES string of the molecule is O=C(N1CC(N2CCc3ccccc3C2)C1)C1(c2cccs2)CCCC1. The van der Waals surface area contributed by atoms with Gasteiger partial charge in [-0.2, -0.15) is 0 Å². The summed E-state index contributed by atoms with van der Waals surface area (Å²) >= 11 is 1.76. The third-order valence-electron chi connectivity index (χ3n) is 6.69. The molecule has 3 aliphatic rings. The summed E-state index contributed by atoms with van der Waals surface area (Å²) in [6.45, 7) is 3.99. The monoisotopic (exact) mass is 366 g/mol. The van der Waals surface area contributed by atoms with E-state index in [1.807, 2.05) is 0 Å². The minimum atomic E-state index is -0.215. The fraction of sp³-hybridized carbons (Fsp3) is 0.500. The predicted octanol–water partition coefficient (Wildman–Crippen LogP) is 3.83. The highest BCUT2D eigenvalue weighted by molar-refractivity contribution is 7.10. The van der Waals surface area contributed by atoms with Crippen LogP contribution in [-0.2, 0) is 23.2 Å². The van der Waals surface area contributed by atoms with Gasteiger partial charge in [-0.3, -0.25) is 9.69 Å². The summed E-state index contributed by atoms with van der Waals surface area (Å²) < 4.78 is 0. The summed E-state index contributed by atoms with van der Waals surface area (Å²) in [6, 6.07) is 13.6. The van der Waals surface area contributed by atoms with E-state index in [0.29, 0.717) is 11.9 Å². The molecule has 0 radical (unpaired) electrons. The molecule has 2 aromatic rings. The van der Waals surface area contributed by atoms with Gasteiger partial charge < -0.3 is 4.90 Å². The molecular weight excluding hydrogens is 340 g/mol. The van der Waals surface area contributed by atoms with Crippen molar-refractivity contribution in [1.29, 1.82) is 0 Å². The first-order valence-electron chi connectivity index (χ1n) is 9.90. The lowest BCUT2D eigenvalue weighted by atomic mass is 9.81. The third kappa shape index (κ3) is 2.62. The van der Waals surface area contributed by atoms with Gasteiger partial charge in [0.25, 0.3) is 0 Å². The van der Waals surface area contributed by atoms with Crippen LogP contribution in [0, 0.1) is 0 Å². The van der Waals surface area contributed by atoms with Gasteiger partial charge in [-0.05, 0) is 41.8 Å². The number of hydrogen-bond donors (Lipinski definition) is 0. The number of benzene rings is 1. The van der Waals surface area contributed by atoms with Gasteiger partial charge in [0.1, 0.15) is 0 Å². The number of carbonyl (C=O) groups excluding carboxylic acids is 1. The van der Waals surface area contributed by atoms with Crippen LogP contribution < -0.4 is 0 Å². The lowest BCUT2D eigenvalue weighted by Gasteiger charge is -2.49. The average Bonchev–Trinajstić information content (AvgIpc) is 3.32. The molecule has 3 nitrogen and oxygen atoms in total. The van der Waals surface area contributed by atoms with Crippen molar-refractivity contribution in [3.8, 4) is 0 Å². The molecule has 5 rings (SSSR count). The normalized spacial score (nSPS) is 22.8.